The predicted molar refractivity (Wildman–Crippen MR) is 68.6 cm³/mol. The van der Waals surface area contributed by atoms with Gasteiger partial charge in [0.2, 0.25) is 11.6 Å². The molecule has 1 fully saturated rings. The number of nitrogens with zero attached hydrogens (tertiary/aromatic N) is 6. The molecular formula is C10H18N6O4. The summed E-state index contributed by atoms with van der Waals surface area (Å²) in [6.45, 7) is 3.37. The standard InChI is InChI=1S/C10H18N6O4/c1-9(17-3)10(2,18-4)20-8(6-14-16-12)7(19-9)5-13-15-11/h7-8H,5-6H2,1-4H3. The Morgan fingerprint density at radius 3 is 1.55 bits per heavy atom. The fourth-order valence-electron chi connectivity index (χ4n) is 1.95. The highest BCUT2D eigenvalue weighted by Crippen LogP contribution is 2.39. The molecule has 0 amide bonds. The Hall–Kier alpha value is -1.54. The van der Waals surface area contributed by atoms with Crippen molar-refractivity contribution in [3.63, 3.8) is 0 Å². The fraction of sp³-hybridized carbons (Fsp3) is 1.00. The quantitative estimate of drug-likeness (QED) is 0.419. The van der Waals surface area contributed by atoms with Gasteiger partial charge in [0.25, 0.3) is 0 Å². The van der Waals surface area contributed by atoms with Gasteiger partial charge < -0.3 is 18.9 Å². The van der Waals surface area contributed by atoms with Gasteiger partial charge in [-0.05, 0) is 24.9 Å². The van der Waals surface area contributed by atoms with E-state index in [1.165, 1.54) is 14.2 Å². The molecule has 10 nitrogen and oxygen atoms in total. The first-order valence-electron chi connectivity index (χ1n) is 5.94. The molecule has 1 saturated heterocycles. The molecule has 1 aliphatic rings. The first-order valence-corrected chi connectivity index (χ1v) is 5.94. The van der Waals surface area contributed by atoms with Crippen molar-refractivity contribution in [2.75, 3.05) is 27.3 Å². The molecule has 0 aromatic rings. The van der Waals surface area contributed by atoms with Gasteiger partial charge in [-0.25, -0.2) is 0 Å². The zero-order chi connectivity index (χ0) is 15.2. The Morgan fingerprint density at radius 1 is 0.950 bits per heavy atom. The van der Waals surface area contributed by atoms with E-state index in [-0.39, 0.29) is 13.1 Å². The summed E-state index contributed by atoms with van der Waals surface area (Å²) in [6.07, 6.45) is -1.21. The first kappa shape index (κ1) is 16.5. The van der Waals surface area contributed by atoms with Crippen molar-refractivity contribution in [1.82, 2.24) is 0 Å². The second-order valence-corrected chi connectivity index (χ2v) is 4.44. The Morgan fingerprint density at radius 2 is 1.30 bits per heavy atom. The monoisotopic (exact) mass is 286 g/mol. The van der Waals surface area contributed by atoms with Crippen molar-refractivity contribution >= 4 is 0 Å². The number of azide groups is 2. The van der Waals surface area contributed by atoms with Crippen LogP contribution in [0.4, 0.5) is 0 Å². The molecule has 1 rings (SSSR count). The summed E-state index contributed by atoms with van der Waals surface area (Å²) in [5, 5.41) is 6.94. The zero-order valence-corrected chi connectivity index (χ0v) is 11.9. The smallest absolute Gasteiger partial charge is 0.220 e. The second kappa shape index (κ2) is 6.76. The molecule has 0 radical (unpaired) electrons. The summed E-state index contributed by atoms with van der Waals surface area (Å²) in [7, 11) is 2.91. The topological polar surface area (TPSA) is 134 Å². The minimum absolute atomic E-state index is 0.0286. The van der Waals surface area contributed by atoms with Crippen LogP contribution in [-0.2, 0) is 18.9 Å². The van der Waals surface area contributed by atoms with Crippen LogP contribution in [0.2, 0.25) is 0 Å². The Balaban J connectivity index is 3.03. The van der Waals surface area contributed by atoms with Gasteiger partial charge >= 0.3 is 0 Å². The molecule has 0 aromatic heterocycles. The van der Waals surface area contributed by atoms with E-state index < -0.39 is 23.8 Å². The molecule has 1 aliphatic heterocycles. The third kappa shape index (κ3) is 3.13. The third-order valence-electron chi connectivity index (χ3n) is 3.42. The highest BCUT2D eigenvalue weighted by Gasteiger charge is 2.56. The number of methoxy groups -OCH3 is 2. The molecule has 0 bridgehead atoms. The number of hydrogen-bond donors (Lipinski definition) is 0. The van der Waals surface area contributed by atoms with Crippen LogP contribution in [0.1, 0.15) is 13.8 Å². The van der Waals surface area contributed by atoms with Crippen LogP contribution in [-0.4, -0.2) is 51.1 Å². The van der Waals surface area contributed by atoms with Gasteiger partial charge in [0, 0.05) is 24.0 Å². The molecule has 10 heteroatoms. The van der Waals surface area contributed by atoms with Gasteiger partial charge in [-0.3, -0.25) is 0 Å². The lowest BCUT2D eigenvalue weighted by Crippen LogP contribution is -2.66. The largest absolute Gasteiger partial charge is 0.349 e. The average molecular weight is 286 g/mol. The van der Waals surface area contributed by atoms with E-state index in [1.54, 1.807) is 13.8 Å². The predicted octanol–water partition coefficient (Wildman–Crippen LogP) is 2.12. The van der Waals surface area contributed by atoms with Gasteiger partial charge in [-0.2, -0.15) is 0 Å². The molecule has 1 heterocycles. The van der Waals surface area contributed by atoms with Crippen LogP contribution in [0.3, 0.4) is 0 Å². The van der Waals surface area contributed by atoms with Crippen molar-refractivity contribution < 1.29 is 18.9 Å². The maximum Gasteiger partial charge on any atom is 0.220 e. The van der Waals surface area contributed by atoms with E-state index in [0.29, 0.717) is 0 Å². The molecule has 4 atom stereocenters. The van der Waals surface area contributed by atoms with Crippen LogP contribution < -0.4 is 0 Å². The maximum absolute atomic E-state index is 8.42. The number of ether oxygens (including phenoxy) is 4. The van der Waals surface area contributed by atoms with Crippen molar-refractivity contribution in [1.29, 1.82) is 0 Å². The SMILES string of the molecule is COC1(C)OC(CN=[N+]=[N-])C(CN=[N+]=[N-])OC1(C)OC. The lowest BCUT2D eigenvalue weighted by atomic mass is 10.0. The highest BCUT2D eigenvalue weighted by molar-refractivity contribution is 4.92. The molecule has 0 aromatic carbocycles. The van der Waals surface area contributed by atoms with E-state index in [4.69, 9.17) is 30.0 Å². The third-order valence-corrected chi connectivity index (χ3v) is 3.42. The summed E-state index contributed by atoms with van der Waals surface area (Å²) in [5.41, 5.74) is 16.8. The van der Waals surface area contributed by atoms with Crippen LogP contribution in [0.25, 0.3) is 20.9 Å². The van der Waals surface area contributed by atoms with Gasteiger partial charge in [0.1, 0.15) is 0 Å². The molecule has 4 unspecified atom stereocenters. The van der Waals surface area contributed by atoms with Crippen LogP contribution in [0.5, 0.6) is 0 Å². The Labute approximate surface area is 116 Å². The van der Waals surface area contributed by atoms with E-state index in [0.717, 1.165) is 0 Å². The van der Waals surface area contributed by atoms with Gasteiger partial charge in [-0.15, -0.1) is 0 Å². The second-order valence-electron chi connectivity index (χ2n) is 4.44. The van der Waals surface area contributed by atoms with Crippen molar-refractivity contribution in [2.45, 2.75) is 37.6 Å². The summed E-state index contributed by atoms with van der Waals surface area (Å²) in [6, 6.07) is 0. The highest BCUT2D eigenvalue weighted by atomic mass is 16.8. The lowest BCUT2D eigenvalue weighted by molar-refractivity contribution is -0.445. The minimum atomic E-state index is -1.19. The van der Waals surface area contributed by atoms with Crippen molar-refractivity contribution in [2.24, 2.45) is 10.2 Å². The average Bonchev–Trinajstić information content (AvgIpc) is 2.46. The Bertz CT molecular complexity index is 395. The van der Waals surface area contributed by atoms with E-state index in [1.807, 2.05) is 0 Å². The molecule has 0 aliphatic carbocycles. The zero-order valence-electron chi connectivity index (χ0n) is 11.9. The van der Waals surface area contributed by atoms with E-state index in [9.17, 15) is 0 Å². The molecule has 0 saturated carbocycles. The summed E-state index contributed by atoms with van der Waals surface area (Å²) in [4.78, 5) is 5.38. The minimum Gasteiger partial charge on any atom is -0.349 e. The molecular weight excluding hydrogens is 268 g/mol. The first-order chi connectivity index (χ1) is 9.46. The lowest BCUT2D eigenvalue weighted by Gasteiger charge is -2.51. The Kier molecular flexibility index (Phi) is 5.58. The van der Waals surface area contributed by atoms with E-state index >= 15 is 0 Å². The summed E-state index contributed by atoms with van der Waals surface area (Å²) >= 11 is 0. The van der Waals surface area contributed by atoms with Gasteiger partial charge in [0.05, 0.1) is 25.3 Å². The van der Waals surface area contributed by atoms with Crippen molar-refractivity contribution in [3.8, 4) is 0 Å². The van der Waals surface area contributed by atoms with Gasteiger partial charge in [0.15, 0.2) is 0 Å². The van der Waals surface area contributed by atoms with Gasteiger partial charge in [-0.1, -0.05) is 10.2 Å². The van der Waals surface area contributed by atoms with E-state index in [2.05, 4.69) is 20.1 Å². The fourth-order valence-corrected chi connectivity index (χ4v) is 1.95. The van der Waals surface area contributed by atoms with Crippen molar-refractivity contribution in [3.05, 3.63) is 20.9 Å². The molecule has 0 N–H and O–H groups in total. The normalized spacial score (nSPS) is 36.8. The number of rotatable bonds is 6. The molecule has 112 valence electrons. The molecule has 20 heavy (non-hydrogen) atoms. The molecule has 0 spiro atoms. The number of hydrogen-bond acceptors (Lipinski definition) is 6. The van der Waals surface area contributed by atoms with Crippen LogP contribution >= 0.6 is 0 Å². The van der Waals surface area contributed by atoms with Crippen LogP contribution in [0.15, 0.2) is 10.2 Å². The maximum atomic E-state index is 8.42. The van der Waals surface area contributed by atoms with Crippen LogP contribution in [0, 0.1) is 0 Å². The summed E-state index contributed by atoms with van der Waals surface area (Å²) in [5.74, 6) is -2.38. The summed E-state index contributed by atoms with van der Waals surface area (Å²) < 4.78 is 22.3.